The number of amidine groups is 2. The molecule has 0 aromatic heterocycles. The van der Waals surface area contributed by atoms with Crippen LogP contribution in [0.25, 0.3) is 0 Å². The molecule has 31 heavy (non-hydrogen) atoms. The van der Waals surface area contributed by atoms with E-state index in [1.807, 2.05) is 0 Å². The van der Waals surface area contributed by atoms with E-state index in [1.165, 1.54) is 18.0 Å². The lowest BCUT2D eigenvalue weighted by Gasteiger charge is -2.28. The number of carbonyl (C=O) groups excluding carboxylic acids is 4. The third kappa shape index (κ3) is 5.20. The highest BCUT2D eigenvalue weighted by atomic mass is 32.2. The lowest BCUT2D eigenvalue weighted by atomic mass is 9.88. The van der Waals surface area contributed by atoms with E-state index in [4.69, 9.17) is 4.74 Å². The van der Waals surface area contributed by atoms with Crippen molar-refractivity contribution in [3.63, 3.8) is 0 Å². The second-order valence-electron chi connectivity index (χ2n) is 7.66. The SMILES string of the molecule is CCOC(=O)CNC(=O)CSC1=NC(C2CCCCC2)=NC2=[N+](C)C(=O)N(C)C(=O)C12. The predicted molar refractivity (Wildman–Crippen MR) is 116 cm³/mol. The molecule has 0 bridgehead atoms. The standard InChI is InChI=1S/C20H27N5O5S/c1-4-30-14(27)10-21-13(26)11-31-18-15-17(24(2)20(29)25(3)19(15)28)22-16(23-18)12-8-6-5-7-9-12/h12,15H,4-11H2,1-3H3/p+1. The second kappa shape index (κ2) is 10.2. The average molecular weight is 451 g/mol. The molecule has 1 saturated carbocycles. The molecule has 168 valence electrons. The van der Waals surface area contributed by atoms with Crippen molar-refractivity contribution in [2.75, 3.05) is 33.0 Å². The number of hydrogen-bond acceptors (Lipinski definition) is 8. The zero-order valence-corrected chi connectivity index (χ0v) is 18.9. The monoisotopic (exact) mass is 450 g/mol. The van der Waals surface area contributed by atoms with Gasteiger partial charge in [-0.25, -0.2) is 9.79 Å². The van der Waals surface area contributed by atoms with Gasteiger partial charge in [0, 0.05) is 5.92 Å². The molecular formula is C20H28N5O5S+. The summed E-state index contributed by atoms with van der Waals surface area (Å²) in [5.74, 6) is -0.975. The summed E-state index contributed by atoms with van der Waals surface area (Å²) in [7, 11) is 3.02. The number of hydrogen-bond donors (Lipinski definition) is 1. The van der Waals surface area contributed by atoms with Gasteiger partial charge in [0.25, 0.3) is 5.84 Å². The lowest BCUT2D eigenvalue weighted by molar-refractivity contribution is -0.407. The van der Waals surface area contributed by atoms with E-state index >= 15 is 0 Å². The molecule has 0 spiro atoms. The van der Waals surface area contributed by atoms with Crippen LogP contribution >= 0.6 is 11.8 Å². The normalized spacial score (nSPS) is 22.0. The first-order valence-electron chi connectivity index (χ1n) is 10.5. The molecule has 2 aliphatic heterocycles. The van der Waals surface area contributed by atoms with Crippen molar-refractivity contribution in [2.45, 2.75) is 39.0 Å². The maximum atomic E-state index is 12.9. The van der Waals surface area contributed by atoms with Crippen molar-refractivity contribution in [3.05, 3.63) is 0 Å². The van der Waals surface area contributed by atoms with Gasteiger partial charge >= 0.3 is 17.9 Å². The van der Waals surface area contributed by atoms with Crippen molar-refractivity contribution in [2.24, 2.45) is 21.8 Å². The summed E-state index contributed by atoms with van der Waals surface area (Å²) in [4.78, 5) is 59.3. The van der Waals surface area contributed by atoms with E-state index in [-0.39, 0.29) is 30.7 Å². The predicted octanol–water partition coefficient (Wildman–Crippen LogP) is 1.04. The Hall–Kier alpha value is -2.56. The molecule has 1 N–H and O–H groups in total. The third-order valence-corrected chi connectivity index (χ3v) is 6.54. The molecule has 0 aromatic rings. The Morgan fingerprint density at radius 1 is 1.23 bits per heavy atom. The molecule has 1 aliphatic carbocycles. The number of ether oxygens (including phenoxy) is 1. The van der Waals surface area contributed by atoms with Crippen LogP contribution in [0.4, 0.5) is 4.79 Å². The summed E-state index contributed by atoms with van der Waals surface area (Å²) >= 11 is 1.13. The van der Waals surface area contributed by atoms with Gasteiger partial charge in [-0.2, -0.15) is 9.48 Å². The minimum Gasteiger partial charge on any atom is -0.465 e. The van der Waals surface area contributed by atoms with Crippen LogP contribution in [0.15, 0.2) is 9.98 Å². The minimum absolute atomic E-state index is 0.0192. The zero-order chi connectivity index (χ0) is 22.5. The number of nitrogens with zero attached hydrogens (tertiary/aromatic N) is 4. The number of aliphatic imine (C=N–C) groups is 2. The number of urea groups is 1. The van der Waals surface area contributed by atoms with Gasteiger partial charge in [-0.05, 0) is 19.8 Å². The van der Waals surface area contributed by atoms with Crippen molar-refractivity contribution in [1.29, 1.82) is 0 Å². The Morgan fingerprint density at radius 2 is 1.94 bits per heavy atom. The molecule has 0 radical (unpaired) electrons. The van der Waals surface area contributed by atoms with Gasteiger partial charge in [0.15, 0.2) is 5.92 Å². The molecule has 0 aromatic carbocycles. The quantitative estimate of drug-likeness (QED) is 0.477. The molecule has 1 unspecified atom stereocenters. The summed E-state index contributed by atoms with van der Waals surface area (Å²) in [5, 5.41) is 2.95. The number of amides is 4. The number of rotatable bonds is 6. The molecule has 3 aliphatic rings. The molecular weight excluding hydrogens is 422 g/mol. The number of thioether (sulfide) groups is 1. The highest BCUT2D eigenvalue weighted by Gasteiger charge is 2.49. The fourth-order valence-electron chi connectivity index (χ4n) is 3.82. The molecule has 11 heteroatoms. The summed E-state index contributed by atoms with van der Waals surface area (Å²) in [5.41, 5.74) is 0. The van der Waals surface area contributed by atoms with Crippen molar-refractivity contribution in [1.82, 2.24) is 10.2 Å². The highest BCUT2D eigenvalue weighted by molar-refractivity contribution is 8.14. The third-order valence-electron chi connectivity index (χ3n) is 5.51. The minimum atomic E-state index is -0.817. The van der Waals surface area contributed by atoms with Crippen LogP contribution in [0.2, 0.25) is 0 Å². The number of carbonyl (C=O) groups is 4. The maximum Gasteiger partial charge on any atom is 0.445 e. The number of esters is 1. The Morgan fingerprint density at radius 3 is 2.61 bits per heavy atom. The first-order valence-corrected chi connectivity index (χ1v) is 11.5. The van der Waals surface area contributed by atoms with E-state index in [9.17, 15) is 19.2 Å². The smallest absolute Gasteiger partial charge is 0.445 e. The first-order chi connectivity index (χ1) is 14.8. The molecule has 10 nitrogen and oxygen atoms in total. The number of imide groups is 1. The van der Waals surface area contributed by atoms with Gasteiger partial charge < -0.3 is 10.1 Å². The zero-order valence-electron chi connectivity index (χ0n) is 18.0. The molecule has 4 amide bonds. The Kier molecular flexibility index (Phi) is 7.58. The van der Waals surface area contributed by atoms with Crippen LogP contribution in [-0.2, 0) is 19.1 Å². The molecule has 0 saturated heterocycles. The maximum absolute atomic E-state index is 12.9. The van der Waals surface area contributed by atoms with E-state index in [1.54, 1.807) is 14.0 Å². The summed E-state index contributed by atoms with van der Waals surface area (Å²) in [6.45, 7) is 1.72. The Balaban J connectivity index is 1.80. The summed E-state index contributed by atoms with van der Waals surface area (Å²) in [6.07, 6.45) is 5.28. The van der Waals surface area contributed by atoms with Crippen molar-refractivity contribution in [3.8, 4) is 0 Å². The van der Waals surface area contributed by atoms with Crippen LogP contribution in [0.5, 0.6) is 0 Å². The van der Waals surface area contributed by atoms with E-state index < -0.39 is 23.8 Å². The fourth-order valence-corrected chi connectivity index (χ4v) is 4.73. The molecule has 2 heterocycles. The molecule has 1 atom stereocenters. The van der Waals surface area contributed by atoms with E-state index in [0.717, 1.165) is 42.3 Å². The lowest BCUT2D eigenvalue weighted by Crippen LogP contribution is -2.55. The van der Waals surface area contributed by atoms with E-state index in [2.05, 4.69) is 15.3 Å². The van der Waals surface area contributed by atoms with Crippen LogP contribution in [0.1, 0.15) is 39.0 Å². The van der Waals surface area contributed by atoms with Crippen LogP contribution in [-0.4, -0.2) is 83.0 Å². The van der Waals surface area contributed by atoms with Crippen molar-refractivity contribution < 1.29 is 28.5 Å². The van der Waals surface area contributed by atoms with Crippen LogP contribution in [0, 0.1) is 11.8 Å². The highest BCUT2D eigenvalue weighted by Crippen LogP contribution is 2.31. The Bertz CT molecular complexity index is 875. The molecule has 1 fully saturated rings. The summed E-state index contributed by atoms with van der Waals surface area (Å²) < 4.78 is 6.18. The topological polar surface area (TPSA) is 121 Å². The largest absolute Gasteiger partial charge is 0.465 e. The number of nitrogens with one attached hydrogen (secondary N) is 1. The van der Waals surface area contributed by atoms with Gasteiger partial charge in [-0.1, -0.05) is 36.0 Å². The number of fused-ring (bicyclic) bond motifs is 1. The second-order valence-corrected chi connectivity index (χ2v) is 8.65. The Labute approximate surface area is 185 Å². The average Bonchev–Trinajstić information content (AvgIpc) is 2.78. The van der Waals surface area contributed by atoms with Gasteiger partial charge in [-0.3, -0.25) is 14.4 Å². The van der Waals surface area contributed by atoms with Crippen LogP contribution in [0.3, 0.4) is 0 Å². The van der Waals surface area contributed by atoms with Gasteiger partial charge in [0.05, 0.1) is 26.5 Å². The van der Waals surface area contributed by atoms with Gasteiger partial charge in [-0.15, -0.1) is 0 Å². The van der Waals surface area contributed by atoms with Crippen LogP contribution < -0.4 is 5.32 Å². The van der Waals surface area contributed by atoms with E-state index in [0.29, 0.717) is 16.7 Å². The molecule has 3 rings (SSSR count). The van der Waals surface area contributed by atoms with Gasteiger partial charge in [0.2, 0.25) is 11.7 Å². The van der Waals surface area contributed by atoms with Crippen molar-refractivity contribution >= 4 is 52.3 Å². The van der Waals surface area contributed by atoms with Gasteiger partial charge in [0.1, 0.15) is 11.6 Å². The first kappa shape index (κ1) is 23.1. The fraction of sp³-hybridized carbons (Fsp3) is 0.650. The summed E-state index contributed by atoms with van der Waals surface area (Å²) in [6, 6.07) is -0.443.